The monoisotopic (exact) mass is 610 g/mol. The zero-order valence-electron chi connectivity index (χ0n) is 30.4. The molecule has 5 aromatic rings. The largest absolute Gasteiger partial charge is 0.454 e. The van der Waals surface area contributed by atoms with E-state index >= 15 is 0 Å². The van der Waals surface area contributed by atoms with Crippen molar-refractivity contribution in [3.8, 4) is 28.5 Å². The van der Waals surface area contributed by atoms with Crippen LogP contribution < -0.4 is 4.57 Å². The maximum absolute atomic E-state index is 10.6. The van der Waals surface area contributed by atoms with Gasteiger partial charge in [-0.2, -0.15) is 5.26 Å². The second-order valence-electron chi connectivity index (χ2n) is 16.2. The normalized spacial score (nSPS) is 20.8. The third kappa shape index (κ3) is 3.92. The fourth-order valence-electron chi connectivity index (χ4n) is 9.00. The van der Waals surface area contributed by atoms with E-state index in [4.69, 9.17) is 4.42 Å². The van der Waals surface area contributed by atoms with Crippen LogP contribution in [0.15, 0.2) is 65.2 Å². The van der Waals surface area contributed by atoms with E-state index in [2.05, 4.69) is 123 Å². The Labute approximate surface area is 276 Å². The van der Waals surface area contributed by atoms with Gasteiger partial charge in [-0.15, -0.1) is 0 Å². The molecule has 3 heteroatoms. The maximum Gasteiger partial charge on any atom is 0.216 e. The summed E-state index contributed by atoms with van der Waals surface area (Å²) in [5.41, 5.74) is 10.6. The standard InChI is InChI=1S/C43H49N2O/c1-26-18-20-30-31-21-19-28(25-44)36(39(31)46-38(30)35(26)34-17-13-14-22-45(34)10)29-23-32(27-15-11-12-16-27)37-33(24-29)40(2,3)42(6,7)43(8,9)41(37,4)5/h13-14,17-24,27H,11-12,15-16H2,1-10H3/q+1/i27D. The number of aromatic nitrogens is 1. The van der Waals surface area contributed by atoms with Gasteiger partial charge in [0, 0.05) is 29.8 Å². The predicted molar refractivity (Wildman–Crippen MR) is 190 cm³/mol. The number of hydrogen-bond acceptors (Lipinski definition) is 2. The number of furan rings is 1. The Kier molecular flexibility index (Phi) is 6.44. The summed E-state index contributed by atoms with van der Waals surface area (Å²) in [7, 11) is 2.07. The molecule has 236 valence electrons. The molecule has 0 spiro atoms. The number of pyridine rings is 1. The summed E-state index contributed by atoms with van der Waals surface area (Å²) in [6.45, 7) is 21.4. The van der Waals surface area contributed by atoms with Gasteiger partial charge in [0.05, 0.1) is 17.2 Å². The molecule has 0 saturated heterocycles. The summed E-state index contributed by atoms with van der Waals surface area (Å²) in [4.78, 5) is 0. The topological polar surface area (TPSA) is 40.8 Å². The van der Waals surface area contributed by atoms with Gasteiger partial charge >= 0.3 is 0 Å². The van der Waals surface area contributed by atoms with E-state index in [1.54, 1.807) is 0 Å². The van der Waals surface area contributed by atoms with E-state index in [1.807, 2.05) is 18.2 Å². The van der Waals surface area contributed by atoms with Gasteiger partial charge in [-0.25, -0.2) is 4.57 Å². The molecule has 2 aliphatic rings. The lowest BCUT2D eigenvalue weighted by Crippen LogP contribution is -2.60. The Morgan fingerprint density at radius 2 is 1.46 bits per heavy atom. The first kappa shape index (κ1) is 29.5. The van der Waals surface area contributed by atoms with Crippen molar-refractivity contribution in [2.45, 2.75) is 105 Å². The van der Waals surface area contributed by atoms with Gasteiger partial charge in [-0.05, 0) is 93.3 Å². The summed E-state index contributed by atoms with van der Waals surface area (Å²) >= 11 is 0. The zero-order chi connectivity index (χ0) is 33.9. The van der Waals surface area contributed by atoms with Crippen molar-refractivity contribution in [1.29, 1.82) is 5.26 Å². The van der Waals surface area contributed by atoms with E-state index in [0.29, 0.717) is 5.56 Å². The number of aryl methyl sites for hydroxylation is 2. The van der Waals surface area contributed by atoms with Crippen molar-refractivity contribution in [3.05, 3.63) is 88.6 Å². The number of hydrogen-bond donors (Lipinski definition) is 0. The Bertz CT molecular complexity index is 2130. The van der Waals surface area contributed by atoms with Gasteiger partial charge in [0.2, 0.25) is 5.69 Å². The fraction of sp³-hybridized carbons (Fsp3) is 0.442. The second-order valence-corrected chi connectivity index (χ2v) is 16.2. The highest BCUT2D eigenvalue weighted by Crippen LogP contribution is 2.67. The number of fused-ring (bicyclic) bond motifs is 4. The highest BCUT2D eigenvalue weighted by Gasteiger charge is 2.61. The molecule has 7 rings (SSSR count). The second kappa shape index (κ2) is 10.0. The van der Waals surface area contributed by atoms with Crippen molar-refractivity contribution in [1.82, 2.24) is 0 Å². The molecule has 2 aliphatic carbocycles. The van der Waals surface area contributed by atoms with E-state index in [1.165, 1.54) is 11.1 Å². The van der Waals surface area contributed by atoms with Gasteiger partial charge < -0.3 is 4.42 Å². The molecule has 0 radical (unpaired) electrons. The van der Waals surface area contributed by atoms with Gasteiger partial charge in [-0.3, -0.25) is 0 Å². The lowest BCUT2D eigenvalue weighted by atomic mass is 9.39. The van der Waals surface area contributed by atoms with Crippen molar-refractivity contribution in [3.63, 3.8) is 0 Å². The Morgan fingerprint density at radius 1 is 0.826 bits per heavy atom. The van der Waals surface area contributed by atoms with Crippen LogP contribution >= 0.6 is 0 Å². The fourth-order valence-corrected chi connectivity index (χ4v) is 9.00. The SMILES string of the molecule is [2H]C1(c2cc(-c3c(C#N)ccc4c3oc3c(-c5cccc[n+]5C)c(C)ccc34)cc3c2C(C)(C)C(C)(C)C(C)(C)C3(C)C)CCCC1. The lowest BCUT2D eigenvalue weighted by Gasteiger charge is -2.64. The number of benzene rings is 3. The maximum atomic E-state index is 10.6. The quantitative estimate of drug-likeness (QED) is 0.191. The van der Waals surface area contributed by atoms with E-state index in [-0.39, 0.29) is 21.7 Å². The molecule has 1 saturated carbocycles. The molecule has 46 heavy (non-hydrogen) atoms. The van der Waals surface area contributed by atoms with Crippen LogP contribution in [-0.2, 0) is 17.9 Å². The van der Waals surface area contributed by atoms with Crippen molar-refractivity contribution >= 4 is 21.9 Å². The summed E-state index contributed by atoms with van der Waals surface area (Å²) < 4.78 is 19.1. The smallest absolute Gasteiger partial charge is 0.216 e. The van der Waals surface area contributed by atoms with Gasteiger partial charge in [0.25, 0.3) is 0 Å². The average molecular weight is 611 g/mol. The third-order valence-corrected chi connectivity index (χ3v) is 13.5. The summed E-state index contributed by atoms with van der Waals surface area (Å²) in [5.74, 6) is -0.661. The molecule has 2 heterocycles. The molecule has 0 aliphatic heterocycles. The molecule has 0 bridgehead atoms. The van der Waals surface area contributed by atoms with Crippen molar-refractivity contribution < 1.29 is 10.4 Å². The highest BCUT2D eigenvalue weighted by molar-refractivity contribution is 6.14. The predicted octanol–water partition coefficient (Wildman–Crippen LogP) is 11.2. The Hall–Kier alpha value is -3.90. The molecule has 1 fully saturated rings. The summed E-state index contributed by atoms with van der Waals surface area (Å²) in [6.07, 6.45) is 5.93. The van der Waals surface area contributed by atoms with Crippen LogP contribution in [-0.4, -0.2) is 0 Å². The molecule has 0 unspecified atom stereocenters. The first-order valence-electron chi connectivity index (χ1n) is 17.5. The molecule has 3 nitrogen and oxygen atoms in total. The highest BCUT2D eigenvalue weighted by atomic mass is 16.3. The summed E-state index contributed by atoms with van der Waals surface area (Å²) in [5, 5.41) is 12.7. The molecule has 0 amide bonds. The number of nitrogens with zero attached hydrogens (tertiary/aromatic N) is 2. The van der Waals surface area contributed by atoms with Crippen LogP contribution in [0.1, 0.15) is 116 Å². The Balaban J connectivity index is 1.62. The van der Waals surface area contributed by atoms with Crippen LogP contribution in [0.3, 0.4) is 0 Å². The molecule has 3 aromatic carbocycles. The minimum Gasteiger partial charge on any atom is -0.454 e. The zero-order valence-corrected chi connectivity index (χ0v) is 29.4. The first-order chi connectivity index (χ1) is 22.0. The summed E-state index contributed by atoms with van der Waals surface area (Å²) in [6, 6.07) is 21.8. The van der Waals surface area contributed by atoms with Crippen LogP contribution in [0.4, 0.5) is 0 Å². The third-order valence-electron chi connectivity index (χ3n) is 13.5. The van der Waals surface area contributed by atoms with Gasteiger partial charge in [-0.1, -0.05) is 92.5 Å². The minimum atomic E-state index is -0.661. The van der Waals surface area contributed by atoms with Crippen LogP contribution in [0.2, 0.25) is 0 Å². The number of rotatable bonds is 3. The van der Waals surface area contributed by atoms with Gasteiger partial charge in [0.15, 0.2) is 6.20 Å². The van der Waals surface area contributed by atoms with E-state index in [0.717, 1.165) is 81.1 Å². The molecule has 0 N–H and O–H groups in total. The van der Waals surface area contributed by atoms with Crippen LogP contribution in [0.5, 0.6) is 0 Å². The molecular formula is C43H49N2O+. The number of nitriles is 1. The van der Waals surface area contributed by atoms with E-state index < -0.39 is 5.89 Å². The average Bonchev–Trinajstić information content (AvgIpc) is 3.63. The van der Waals surface area contributed by atoms with Crippen molar-refractivity contribution in [2.75, 3.05) is 0 Å². The van der Waals surface area contributed by atoms with Crippen molar-refractivity contribution in [2.24, 2.45) is 17.9 Å². The van der Waals surface area contributed by atoms with Crippen LogP contribution in [0.25, 0.3) is 44.3 Å². The molecular weight excluding hydrogens is 560 g/mol. The van der Waals surface area contributed by atoms with Gasteiger partial charge in [0.1, 0.15) is 18.2 Å². The lowest BCUT2D eigenvalue weighted by molar-refractivity contribution is -0.660. The van der Waals surface area contributed by atoms with Crippen LogP contribution in [0, 0.1) is 29.1 Å². The Morgan fingerprint density at radius 3 is 2.11 bits per heavy atom. The van der Waals surface area contributed by atoms with E-state index in [9.17, 15) is 6.63 Å². The molecule has 0 atom stereocenters. The first-order valence-corrected chi connectivity index (χ1v) is 17.0. The minimum absolute atomic E-state index is 0.0415. The molecule has 2 aromatic heterocycles.